The van der Waals surface area contributed by atoms with Crippen LogP contribution in [-0.2, 0) is 6.54 Å². The average Bonchev–Trinajstić information content (AvgIpc) is 2.21. The van der Waals surface area contributed by atoms with Crippen LogP contribution in [0.4, 0.5) is 0 Å². The first-order valence-electron chi connectivity index (χ1n) is 5.32. The van der Waals surface area contributed by atoms with E-state index in [1.165, 1.54) is 0 Å². The molecule has 1 aromatic carbocycles. The van der Waals surface area contributed by atoms with Crippen molar-refractivity contribution in [1.82, 2.24) is 4.90 Å². The van der Waals surface area contributed by atoms with Gasteiger partial charge in [0.1, 0.15) is 0 Å². The Balaban J connectivity index is 2.67. The van der Waals surface area contributed by atoms with Crippen LogP contribution in [0, 0.1) is 0 Å². The van der Waals surface area contributed by atoms with Crippen molar-refractivity contribution in [1.29, 1.82) is 0 Å². The Kier molecular flexibility index (Phi) is 5.67. The van der Waals surface area contributed by atoms with Gasteiger partial charge in [0.25, 0.3) is 0 Å². The number of thiocarbonyl (C=S) groups is 1. The molecule has 0 saturated carbocycles. The van der Waals surface area contributed by atoms with Crippen molar-refractivity contribution in [3.8, 4) is 0 Å². The molecule has 0 aliphatic rings. The Morgan fingerprint density at radius 2 is 2.12 bits per heavy atom. The predicted molar refractivity (Wildman–Crippen MR) is 78.8 cm³/mol. The summed E-state index contributed by atoms with van der Waals surface area (Å²) >= 11 is 16.9. The Bertz CT molecular complexity index is 409. The maximum Gasteiger partial charge on any atom is 0.0742 e. The normalized spacial score (nSPS) is 12.8. The van der Waals surface area contributed by atoms with Crippen molar-refractivity contribution in [2.24, 2.45) is 5.73 Å². The first-order chi connectivity index (χ1) is 7.90. The number of halogens is 2. The van der Waals surface area contributed by atoms with Crippen LogP contribution in [0.5, 0.6) is 0 Å². The predicted octanol–water partition coefficient (Wildman–Crippen LogP) is 3.49. The number of hydrogen-bond acceptors (Lipinski definition) is 2. The van der Waals surface area contributed by atoms with E-state index in [0.29, 0.717) is 27.5 Å². The van der Waals surface area contributed by atoms with E-state index in [0.717, 1.165) is 12.1 Å². The Labute approximate surface area is 118 Å². The standard InChI is InChI=1S/C12H16Cl2N2S/c1-8(5-12(15)17)16(2)7-9-3-4-10(13)6-11(9)14/h3-4,6,8H,5,7H2,1-2H3,(H2,15,17). The molecule has 2 nitrogen and oxygen atoms in total. The smallest absolute Gasteiger partial charge is 0.0742 e. The molecule has 0 aliphatic carbocycles. The van der Waals surface area contributed by atoms with Crippen molar-refractivity contribution >= 4 is 40.4 Å². The van der Waals surface area contributed by atoms with E-state index in [1.54, 1.807) is 6.07 Å². The largest absolute Gasteiger partial charge is 0.393 e. The maximum atomic E-state index is 6.12. The van der Waals surface area contributed by atoms with Crippen LogP contribution >= 0.6 is 35.4 Å². The van der Waals surface area contributed by atoms with Crippen molar-refractivity contribution in [3.05, 3.63) is 33.8 Å². The van der Waals surface area contributed by atoms with Gasteiger partial charge in [0, 0.05) is 29.1 Å². The molecule has 94 valence electrons. The van der Waals surface area contributed by atoms with E-state index in [9.17, 15) is 0 Å². The fraction of sp³-hybridized carbons (Fsp3) is 0.417. The topological polar surface area (TPSA) is 29.3 Å². The van der Waals surface area contributed by atoms with Gasteiger partial charge in [-0.2, -0.15) is 0 Å². The number of benzene rings is 1. The molecule has 1 aromatic rings. The third-order valence-electron chi connectivity index (χ3n) is 2.68. The van der Waals surface area contributed by atoms with Gasteiger partial charge in [-0.3, -0.25) is 4.90 Å². The van der Waals surface area contributed by atoms with E-state index < -0.39 is 0 Å². The summed E-state index contributed by atoms with van der Waals surface area (Å²) in [4.78, 5) is 2.69. The Morgan fingerprint density at radius 1 is 1.47 bits per heavy atom. The third-order valence-corrected chi connectivity index (χ3v) is 3.44. The van der Waals surface area contributed by atoms with E-state index in [-0.39, 0.29) is 0 Å². The van der Waals surface area contributed by atoms with Gasteiger partial charge in [-0.15, -0.1) is 0 Å². The second-order valence-corrected chi connectivity index (χ2v) is 5.54. The van der Waals surface area contributed by atoms with Crippen LogP contribution in [0.25, 0.3) is 0 Å². The van der Waals surface area contributed by atoms with Crippen LogP contribution < -0.4 is 5.73 Å². The summed E-state index contributed by atoms with van der Waals surface area (Å²) in [6, 6.07) is 5.83. The van der Waals surface area contributed by atoms with Crippen molar-refractivity contribution in [2.45, 2.75) is 25.9 Å². The zero-order valence-corrected chi connectivity index (χ0v) is 12.2. The number of hydrogen-bond donors (Lipinski definition) is 1. The molecule has 1 unspecified atom stereocenters. The van der Waals surface area contributed by atoms with Gasteiger partial charge in [0.05, 0.1) is 4.99 Å². The minimum atomic E-state index is 0.291. The molecule has 0 radical (unpaired) electrons. The summed E-state index contributed by atoms with van der Waals surface area (Å²) in [5, 5.41) is 1.34. The number of rotatable bonds is 5. The van der Waals surface area contributed by atoms with Gasteiger partial charge in [0.2, 0.25) is 0 Å². The molecule has 2 N–H and O–H groups in total. The van der Waals surface area contributed by atoms with Crippen LogP contribution in [0.3, 0.4) is 0 Å². The lowest BCUT2D eigenvalue weighted by Gasteiger charge is -2.24. The third kappa shape index (κ3) is 4.80. The number of nitrogens with zero attached hydrogens (tertiary/aromatic N) is 1. The summed E-state index contributed by atoms with van der Waals surface area (Å²) in [6.45, 7) is 2.84. The molecule has 0 heterocycles. The zero-order valence-electron chi connectivity index (χ0n) is 9.91. The minimum absolute atomic E-state index is 0.291. The fourth-order valence-corrected chi connectivity index (χ4v) is 2.23. The van der Waals surface area contributed by atoms with E-state index >= 15 is 0 Å². The molecular formula is C12H16Cl2N2S. The summed E-state index contributed by atoms with van der Waals surface area (Å²) in [5.74, 6) is 0. The lowest BCUT2D eigenvalue weighted by atomic mass is 10.1. The summed E-state index contributed by atoms with van der Waals surface area (Å²) in [5.41, 5.74) is 6.58. The van der Waals surface area contributed by atoms with E-state index in [2.05, 4.69) is 11.8 Å². The molecule has 0 aliphatic heterocycles. The Hall–Kier alpha value is -0.350. The molecule has 0 bridgehead atoms. The lowest BCUT2D eigenvalue weighted by Crippen LogP contribution is -2.32. The molecule has 17 heavy (non-hydrogen) atoms. The van der Waals surface area contributed by atoms with Gasteiger partial charge in [-0.25, -0.2) is 0 Å². The van der Waals surface area contributed by atoms with Crippen LogP contribution in [0.2, 0.25) is 10.0 Å². The highest BCUT2D eigenvalue weighted by molar-refractivity contribution is 7.80. The second-order valence-electron chi connectivity index (χ2n) is 4.17. The van der Waals surface area contributed by atoms with Crippen LogP contribution in [0.1, 0.15) is 18.9 Å². The fourth-order valence-electron chi connectivity index (χ4n) is 1.52. The maximum absolute atomic E-state index is 6.12. The molecule has 0 fully saturated rings. The average molecular weight is 291 g/mol. The molecule has 5 heteroatoms. The molecule has 1 rings (SSSR count). The van der Waals surface area contributed by atoms with E-state index in [1.807, 2.05) is 19.2 Å². The zero-order chi connectivity index (χ0) is 13.0. The lowest BCUT2D eigenvalue weighted by molar-refractivity contribution is 0.255. The van der Waals surface area contributed by atoms with Gasteiger partial charge in [0.15, 0.2) is 0 Å². The van der Waals surface area contributed by atoms with Gasteiger partial charge in [-0.1, -0.05) is 41.5 Å². The van der Waals surface area contributed by atoms with Crippen LogP contribution in [-0.4, -0.2) is 23.0 Å². The molecule has 1 atom stereocenters. The van der Waals surface area contributed by atoms with Crippen molar-refractivity contribution in [2.75, 3.05) is 7.05 Å². The molecule has 0 amide bonds. The highest BCUT2D eigenvalue weighted by Crippen LogP contribution is 2.22. The Morgan fingerprint density at radius 3 is 2.65 bits per heavy atom. The van der Waals surface area contributed by atoms with E-state index in [4.69, 9.17) is 41.2 Å². The van der Waals surface area contributed by atoms with Crippen molar-refractivity contribution in [3.63, 3.8) is 0 Å². The molecule has 0 spiro atoms. The molecule has 0 aromatic heterocycles. The summed E-state index contributed by atoms with van der Waals surface area (Å²) in [6.07, 6.45) is 0.705. The van der Waals surface area contributed by atoms with Crippen LogP contribution in [0.15, 0.2) is 18.2 Å². The molecular weight excluding hydrogens is 275 g/mol. The highest BCUT2D eigenvalue weighted by Gasteiger charge is 2.12. The highest BCUT2D eigenvalue weighted by atomic mass is 35.5. The van der Waals surface area contributed by atoms with Gasteiger partial charge < -0.3 is 5.73 Å². The van der Waals surface area contributed by atoms with Gasteiger partial charge in [-0.05, 0) is 31.7 Å². The van der Waals surface area contributed by atoms with Crippen molar-refractivity contribution < 1.29 is 0 Å². The number of nitrogens with two attached hydrogens (primary N) is 1. The quantitative estimate of drug-likeness (QED) is 0.842. The first kappa shape index (κ1) is 14.7. The first-order valence-corrected chi connectivity index (χ1v) is 6.49. The summed E-state index contributed by atoms with van der Waals surface area (Å²) < 4.78 is 0. The molecule has 0 saturated heterocycles. The monoisotopic (exact) mass is 290 g/mol. The van der Waals surface area contributed by atoms with Gasteiger partial charge >= 0.3 is 0 Å². The SMILES string of the molecule is CC(CC(N)=S)N(C)Cc1ccc(Cl)cc1Cl. The minimum Gasteiger partial charge on any atom is -0.393 e. The second kappa shape index (κ2) is 6.55. The summed E-state index contributed by atoms with van der Waals surface area (Å²) in [7, 11) is 2.02.